The fourth-order valence-electron chi connectivity index (χ4n) is 3.16. The number of halogens is 2. The van der Waals surface area contributed by atoms with E-state index in [9.17, 15) is 0 Å². The fraction of sp³-hybridized carbons (Fsp3) is 0.0417. The zero-order chi connectivity index (χ0) is 19.3. The van der Waals surface area contributed by atoms with Crippen LogP contribution in [-0.4, -0.2) is 9.55 Å². The van der Waals surface area contributed by atoms with Crippen LogP contribution in [0.5, 0.6) is 0 Å². The third kappa shape index (κ3) is 5.79. The van der Waals surface area contributed by atoms with Gasteiger partial charge in [0.15, 0.2) is 0 Å². The molecule has 0 saturated heterocycles. The summed E-state index contributed by atoms with van der Waals surface area (Å²) in [7, 11) is 0. The second-order valence-electron chi connectivity index (χ2n) is 6.42. The van der Waals surface area contributed by atoms with Crippen LogP contribution in [0.1, 0.15) is 0 Å². The standard InChI is InChI=1S/C19H13Cl2N2.C5H5.Fe/c20-15-9-14(10-16(21)11-15)19-22-17-7-3-4-8-18(17)23(19)12-13-5-1-2-6-13;1-2-4-5-3-1;/h1-11H,12H2;1-5H;/q;;+2. The normalized spacial score (nSPS) is 16.5. The van der Waals surface area contributed by atoms with E-state index >= 15 is 0 Å². The van der Waals surface area contributed by atoms with Gasteiger partial charge in [0, 0.05) is 28.1 Å². The molecule has 144 valence electrons. The smallest absolute Gasteiger partial charge is 0.323 e. The Kier molecular flexibility index (Phi) is 8.50. The summed E-state index contributed by atoms with van der Waals surface area (Å²) in [5.41, 5.74) is 2.98. The summed E-state index contributed by atoms with van der Waals surface area (Å²) in [6.45, 7) is 0.757. The van der Waals surface area contributed by atoms with Gasteiger partial charge >= 0.3 is 17.1 Å². The summed E-state index contributed by atoms with van der Waals surface area (Å²) < 4.78 is 2.20. The van der Waals surface area contributed by atoms with Gasteiger partial charge in [-0.3, -0.25) is 0 Å². The van der Waals surface area contributed by atoms with Crippen LogP contribution in [0.4, 0.5) is 0 Å². The van der Waals surface area contributed by atoms with E-state index in [0.29, 0.717) is 10.0 Å². The summed E-state index contributed by atoms with van der Waals surface area (Å²) in [6, 6.07) is 13.7. The van der Waals surface area contributed by atoms with Crippen molar-refractivity contribution in [1.29, 1.82) is 0 Å². The first kappa shape index (κ1) is 22.7. The molecule has 2 aliphatic rings. The molecule has 2 saturated carbocycles. The Morgan fingerprint density at radius 1 is 0.759 bits per heavy atom. The first-order valence-electron chi connectivity index (χ1n) is 9.00. The monoisotopic (exact) mass is 460 g/mol. The van der Waals surface area contributed by atoms with Gasteiger partial charge in [-0.15, -0.1) is 0 Å². The van der Waals surface area contributed by atoms with Crippen molar-refractivity contribution < 1.29 is 17.1 Å². The van der Waals surface area contributed by atoms with Gasteiger partial charge in [-0.1, -0.05) is 35.3 Å². The number of hydrogen-bond acceptors (Lipinski definition) is 1. The van der Waals surface area contributed by atoms with Crippen LogP contribution in [0.3, 0.4) is 0 Å². The number of rotatable bonds is 3. The van der Waals surface area contributed by atoms with Crippen molar-refractivity contribution in [3.05, 3.63) is 116 Å². The molecule has 2 aliphatic carbocycles. The minimum atomic E-state index is 0. The predicted molar refractivity (Wildman–Crippen MR) is 117 cm³/mol. The van der Waals surface area contributed by atoms with Gasteiger partial charge in [0.25, 0.3) is 0 Å². The van der Waals surface area contributed by atoms with E-state index < -0.39 is 0 Å². The van der Waals surface area contributed by atoms with Gasteiger partial charge in [0.1, 0.15) is 5.82 Å². The van der Waals surface area contributed by atoms with E-state index in [1.807, 2.05) is 75.3 Å². The average Bonchev–Trinajstić information content (AvgIpc) is 3.45. The summed E-state index contributed by atoms with van der Waals surface area (Å²) in [5.74, 6) is 2.11. The van der Waals surface area contributed by atoms with E-state index in [1.54, 1.807) is 6.07 Å². The predicted octanol–water partition coefficient (Wildman–Crippen LogP) is 6.43. The molecule has 0 bridgehead atoms. The minimum absolute atomic E-state index is 0. The maximum Gasteiger partial charge on any atom is 2.00 e. The first-order valence-corrected chi connectivity index (χ1v) is 9.75. The molecule has 2 aromatic carbocycles. The van der Waals surface area contributed by atoms with Crippen LogP contribution >= 0.6 is 23.2 Å². The Morgan fingerprint density at radius 3 is 1.97 bits per heavy atom. The Balaban J connectivity index is 0.000000352. The number of para-hydroxylation sites is 2. The topological polar surface area (TPSA) is 17.8 Å². The number of hydrogen-bond donors (Lipinski definition) is 0. The van der Waals surface area contributed by atoms with Gasteiger partial charge in [0.2, 0.25) is 0 Å². The van der Waals surface area contributed by atoms with Gasteiger partial charge in [-0.05, 0) is 88.1 Å². The van der Waals surface area contributed by atoms with Crippen LogP contribution in [0, 0.1) is 63.7 Å². The molecule has 0 unspecified atom stereocenters. The second kappa shape index (κ2) is 10.9. The zero-order valence-corrected chi connectivity index (χ0v) is 18.1. The quantitative estimate of drug-likeness (QED) is 0.411. The molecule has 2 nitrogen and oxygen atoms in total. The molecule has 0 atom stereocenters. The van der Waals surface area contributed by atoms with Crippen LogP contribution < -0.4 is 0 Å². The number of nitrogens with zero attached hydrogens (tertiary/aromatic N) is 2. The summed E-state index contributed by atoms with van der Waals surface area (Å²) in [4.78, 5) is 4.79. The fourth-order valence-corrected chi connectivity index (χ4v) is 3.69. The molecule has 3 aromatic rings. The van der Waals surface area contributed by atoms with Gasteiger partial charge in [0.05, 0.1) is 11.0 Å². The van der Waals surface area contributed by atoms with Crippen LogP contribution in [0.25, 0.3) is 22.4 Å². The molecule has 5 heteroatoms. The van der Waals surface area contributed by atoms with Crippen molar-refractivity contribution in [2.75, 3.05) is 0 Å². The van der Waals surface area contributed by atoms with Crippen molar-refractivity contribution >= 4 is 34.2 Å². The maximum atomic E-state index is 6.17. The number of fused-ring (bicyclic) bond motifs is 1. The molecule has 0 amide bonds. The molecular weight excluding hydrogens is 443 g/mol. The Hall–Kier alpha value is -0.991. The SMILES string of the molecule is Clc1cc(Cl)cc(-c2nc3ccccc3n2C[C]2[CH][CH][CH][CH]2)c1.[CH]1[CH][CH][CH][CH]1.[Fe+2]. The third-order valence-electron chi connectivity index (χ3n) is 4.40. The van der Waals surface area contributed by atoms with Gasteiger partial charge in [-0.2, -0.15) is 0 Å². The van der Waals surface area contributed by atoms with E-state index in [1.165, 1.54) is 5.92 Å². The molecule has 0 spiro atoms. The number of benzene rings is 2. The average molecular weight is 461 g/mol. The molecule has 0 N–H and O–H groups in total. The van der Waals surface area contributed by atoms with Crippen molar-refractivity contribution in [1.82, 2.24) is 9.55 Å². The second-order valence-corrected chi connectivity index (χ2v) is 7.30. The molecule has 5 rings (SSSR count). The molecule has 2 fully saturated rings. The van der Waals surface area contributed by atoms with Crippen LogP contribution in [-0.2, 0) is 23.6 Å². The van der Waals surface area contributed by atoms with Gasteiger partial charge in [-0.25, -0.2) is 4.98 Å². The molecule has 10 radical (unpaired) electrons. The van der Waals surface area contributed by atoms with Crippen LogP contribution in [0.15, 0.2) is 42.5 Å². The third-order valence-corrected chi connectivity index (χ3v) is 4.84. The van der Waals surface area contributed by atoms with Crippen molar-refractivity contribution in [3.8, 4) is 11.4 Å². The Bertz CT molecular complexity index is 900. The van der Waals surface area contributed by atoms with Crippen molar-refractivity contribution in [2.45, 2.75) is 6.54 Å². The molecular formula is C24H18Cl2FeN2+2. The van der Waals surface area contributed by atoms with Gasteiger partial charge < -0.3 is 4.57 Å². The van der Waals surface area contributed by atoms with E-state index in [4.69, 9.17) is 28.2 Å². The number of aromatic nitrogens is 2. The largest absolute Gasteiger partial charge is 2.00 e. The van der Waals surface area contributed by atoms with E-state index in [2.05, 4.69) is 23.5 Å². The molecule has 0 aliphatic heterocycles. The summed E-state index contributed by atoms with van der Waals surface area (Å²) in [6.07, 6.45) is 18.3. The van der Waals surface area contributed by atoms with E-state index in [0.717, 1.165) is 29.0 Å². The summed E-state index contributed by atoms with van der Waals surface area (Å²) in [5, 5.41) is 1.22. The Labute approximate surface area is 194 Å². The van der Waals surface area contributed by atoms with Crippen molar-refractivity contribution in [3.63, 3.8) is 0 Å². The van der Waals surface area contributed by atoms with Crippen LogP contribution in [0.2, 0.25) is 10.0 Å². The minimum Gasteiger partial charge on any atom is -0.323 e. The number of imidazole rings is 1. The first-order chi connectivity index (χ1) is 13.7. The van der Waals surface area contributed by atoms with Crippen molar-refractivity contribution in [2.24, 2.45) is 0 Å². The zero-order valence-electron chi connectivity index (χ0n) is 15.4. The molecule has 1 aromatic heterocycles. The molecule has 29 heavy (non-hydrogen) atoms. The summed E-state index contributed by atoms with van der Waals surface area (Å²) >= 11 is 12.3. The maximum absolute atomic E-state index is 6.17. The molecule has 1 heterocycles. The van der Waals surface area contributed by atoms with E-state index in [-0.39, 0.29) is 17.1 Å². The Morgan fingerprint density at radius 2 is 1.34 bits per heavy atom.